The SMILES string of the molecule is C=COC1CCC(OCC2CCC(C)C(C)C2)CC1. The first-order chi connectivity index (χ1) is 9.19. The molecule has 0 amide bonds. The van der Waals surface area contributed by atoms with E-state index < -0.39 is 0 Å². The third-order valence-corrected chi connectivity index (χ3v) is 5.18. The largest absolute Gasteiger partial charge is 0.499 e. The van der Waals surface area contributed by atoms with Gasteiger partial charge >= 0.3 is 0 Å². The third-order valence-electron chi connectivity index (χ3n) is 5.18. The van der Waals surface area contributed by atoms with Gasteiger partial charge in [0.15, 0.2) is 0 Å². The van der Waals surface area contributed by atoms with E-state index in [-0.39, 0.29) is 0 Å². The van der Waals surface area contributed by atoms with Crippen molar-refractivity contribution < 1.29 is 9.47 Å². The van der Waals surface area contributed by atoms with E-state index in [4.69, 9.17) is 9.47 Å². The van der Waals surface area contributed by atoms with Gasteiger partial charge in [-0.25, -0.2) is 0 Å². The Balaban J connectivity index is 1.63. The molecule has 0 N–H and O–H groups in total. The van der Waals surface area contributed by atoms with Crippen molar-refractivity contribution >= 4 is 0 Å². The third kappa shape index (κ3) is 4.52. The van der Waals surface area contributed by atoms with Crippen molar-refractivity contribution in [3.63, 3.8) is 0 Å². The van der Waals surface area contributed by atoms with Crippen molar-refractivity contribution in [3.8, 4) is 0 Å². The molecular weight excluding hydrogens is 236 g/mol. The van der Waals surface area contributed by atoms with Crippen molar-refractivity contribution in [2.75, 3.05) is 6.61 Å². The van der Waals surface area contributed by atoms with E-state index in [1.54, 1.807) is 6.26 Å². The first-order valence-corrected chi connectivity index (χ1v) is 8.07. The first kappa shape index (κ1) is 14.9. The molecule has 2 heteroatoms. The summed E-state index contributed by atoms with van der Waals surface area (Å²) < 4.78 is 11.6. The highest BCUT2D eigenvalue weighted by Gasteiger charge is 2.27. The van der Waals surface area contributed by atoms with Gasteiger partial charge in [0.05, 0.1) is 18.5 Å². The summed E-state index contributed by atoms with van der Waals surface area (Å²) in [5, 5.41) is 0. The molecule has 0 radical (unpaired) electrons. The second-order valence-corrected chi connectivity index (χ2v) is 6.67. The van der Waals surface area contributed by atoms with Crippen LogP contribution in [0.2, 0.25) is 0 Å². The zero-order valence-electron chi connectivity index (χ0n) is 12.6. The van der Waals surface area contributed by atoms with Gasteiger partial charge in [0, 0.05) is 6.61 Å². The van der Waals surface area contributed by atoms with Gasteiger partial charge < -0.3 is 9.47 Å². The normalized spacial score (nSPS) is 39.8. The average Bonchev–Trinajstić information content (AvgIpc) is 2.42. The number of hydrogen-bond acceptors (Lipinski definition) is 2. The molecule has 2 saturated carbocycles. The highest BCUT2D eigenvalue weighted by molar-refractivity contribution is 4.78. The van der Waals surface area contributed by atoms with Crippen LogP contribution in [-0.2, 0) is 9.47 Å². The summed E-state index contributed by atoms with van der Waals surface area (Å²) in [6, 6.07) is 0. The zero-order chi connectivity index (χ0) is 13.7. The molecule has 0 spiro atoms. The van der Waals surface area contributed by atoms with E-state index in [1.165, 1.54) is 19.3 Å². The molecule has 2 rings (SSSR count). The summed E-state index contributed by atoms with van der Waals surface area (Å²) in [4.78, 5) is 0. The minimum absolute atomic E-state index is 0.382. The standard InChI is InChI=1S/C17H30O2/c1-4-18-16-7-9-17(10-8-16)19-12-15-6-5-13(2)14(3)11-15/h4,13-17H,1,5-12H2,2-3H3. The van der Waals surface area contributed by atoms with Crippen LogP contribution in [0.5, 0.6) is 0 Å². The highest BCUT2D eigenvalue weighted by Crippen LogP contribution is 2.34. The molecule has 2 fully saturated rings. The zero-order valence-corrected chi connectivity index (χ0v) is 12.6. The van der Waals surface area contributed by atoms with Crippen LogP contribution in [0.25, 0.3) is 0 Å². The summed E-state index contributed by atoms with van der Waals surface area (Å²) in [6.07, 6.45) is 11.1. The van der Waals surface area contributed by atoms with Crippen molar-refractivity contribution in [1.82, 2.24) is 0 Å². The molecule has 2 aliphatic carbocycles. The molecule has 0 aromatic carbocycles. The van der Waals surface area contributed by atoms with Crippen molar-refractivity contribution in [2.24, 2.45) is 17.8 Å². The van der Waals surface area contributed by atoms with Gasteiger partial charge in [0.25, 0.3) is 0 Å². The van der Waals surface area contributed by atoms with Crippen molar-refractivity contribution in [2.45, 2.75) is 71.0 Å². The predicted octanol–water partition coefficient (Wildman–Crippen LogP) is 4.55. The van der Waals surface area contributed by atoms with Crippen molar-refractivity contribution in [1.29, 1.82) is 0 Å². The van der Waals surface area contributed by atoms with Crippen LogP contribution in [-0.4, -0.2) is 18.8 Å². The highest BCUT2D eigenvalue weighted by atomic mass is 16.5. The molecule has 0 heterocycles. The lowest BCUT2D eigenvalue weighted by molar-refractivity contribution is -0.0296. The molecule has 19 heavy (non-hydrogen) atoms. The molecule has 2 aliphatic rings. The van der Waals surface area contributed by atoms with E-state index in [9.17, 15) is 0 Å². The maximum Gasteiger partial charge on any atom is 0.0980 e. The lowest BCUT2D eigenvalue weighted by Gasteiger charge is -2.34. The van der Waals surface area contributed by atoms with Gasteiger partial charge in [0.1, 0.15) is 0 Å². The van der Waals surface area contributed by atoms with Crippen LogP contribution in [0.15, 0.2) is 12.8 Å². The fourth-order valence-corrected chi connectivity index (χ4v) is 3.55. The van der Waals surface area contributed by atoms with E-state index in [2.05, 4.69) is 20.4 Å². The molecule has 0 bridgehead atoms. The number of ether oxygens (including phenoxy) is 2. The average molecular weight is 266 g/mol. The molecule has 0 aromatic heterocycles. The molecule has 3 atom stereocenters. The van der Waals surface area contributed by atoms with Crippen LogP contribution >= 0.6 is 0 Å². The fourth-order valence-electron chi connectivity index (χ4n) is 3.55. The molecule has 2 nitrogen and oxygen atoms in total. The fraction of sp³-hybridized carbons (Fsp3) is 0.882. The van der Waals surface area contributed by atoms with Gasteiger partial charge in [-0.05, 0) is 56.3 Å². The summed E-state index contributed by atoms with van der Waals surface area (Å²) in [6.45, 7) is 9.40. The van der Waals surface area contributed by atoms with Crippen LogP contribution in [0.3, 0.4) is 0 Å². The van der Waals surface area contributed by atoms with E-state index in [0.717, 1.165) is 50.0 Å². The Morgan fingerprint density at radius 3 is 2.26 bits per heavy atom. The van der Waals surface area contributed by atoms with Crippen LogP contribution in [0.1, 0.15) is 58.8 Å². The Morgan fingerprint density at radius 1 is 0.947 bits per heavy atom. The quantitative estimate of drug-likeness (QED) is 0.680. The molecule has 0 aliphatic heterocycles. The first-order valence-electron chi connectivity index (χ1n) is 8.07. The van der Waals surface area contributed by atoms with E-state index in [1.807, 2.05) is 0 Å². The maximum absolute atomic E-state index is 6.15. The van der Waals surface area contributed by atoms with Gasteiger partial charge in [-0.2, -0.15) is 0 Å². The summed E-state index contributed by atoms with van der Waals surface area (Å²) in [5.41, 5.74) is 0. The lowest BCUT2D eigenvalue weighted by Crippen LogP contribution is -2.29. The monoisotopic (exact) mass is 266 g/mol. The lowest BCUT2D eigenvalue weighted by atomic mass is 9.76. The van der Waals surface area contributed by atoms with E-state index in [0.29, 0.717) is 12.2 Å². The molecule has 0 saturated heterocycles. The minimum atomic E-state index is 0.382. The van der Waals surface area contributed by atoms with Crippen LogP contribution < -0.4 is 0 Å². The minimum Gasteiger partial charge on any atom is -0.499 e. The summed E-state index contributed by atoms with van der Waals surface area (Å²) in [5.74, 6) is 2.58. The Kier molecular flexibility index (Phi) is 5.75. The predicted molar refractivity (Wildman–Crippen MR) is 78.9 cm³/mol. The smallest absolute Gasteiger partial charge is 0.0980 e. The summed E-state index contributed by atoms with van der Waals surface area (Å²) in [7, 11) is 0. The molecule has 3 unspecified atom stereocenters. The van der Waals surface area contributed by atoms with Crippen LogP contribution in [0.4, 0.5) is 0 Å². The number of hydrogen-bond donors (Lipinski definition) is 0. The Labute approximate surface area is 118 Å². The topological polar surface area (TPSA) is 18.5 Å². The van der Waals surface area contributed by atoms with Gasteiger partial charge in [0.2, 0.25) is 0 Å². The summed E-state index contributed by atoms with van der Waals surface area (Å²) >= 11 is 0. The van der Waals surface area contributed by atoms with Crippen LogP contribution in [0, 0.1) is 17.8 Å². The second-order valence-electron chi connectivity index (χ2n) is 6.67. The molecular formula is C17H30O2. The van der Waals surface area contributed by atoms with E-state index >= 15 is 0 Å². The van der Waals surface area contributed by atoms with Gasteiger partial charge in [-0.15, -0.1) is 0 Å². The van der Waals surface area contributed by atoms with Gasteiger partial charge in [-0.3, -0.25) is 0 Å². The Bertz CT molecular complexity index is 268. The maximum atomic E-state index is 6.15. The second kappa shape index (κ2) is 7.33. The molecule has 0 aromatic rings. The Morgan fingerprint density at radius 2 is 1.63 bits per heavy atom. The van der Waals surface area contributed by atoms with Crippen molar-refractivity contribution in [3.05, 3.63) is 12.8 Å². The molecule has 110 valence electrons. The Hall–Kier alpha value is -0.500. The van der Waals surface area contributed by atoms with Gasteiger partial charge in [-0.1, -0.05) is 26.8 Å². The number of rotatable bonds is 5.